The van der Waals surface area contributed by atoms with Crippen molar-refractivity contribution in [3.05, 3.63) is 0 Å². The molecule has 0 radical (unpaired) electrons. The molecular weight excluding hydrogens is 390 g/mol. The smallest absolute Gasteiger partial charge is 0.153 e. The first-order chi connectivity index (χ1) is 14.1. The number of sulfone groups is 1. The lowest BCUT2D eigenvalue weighted by atomic mass is 9.94. The summed E-state index contributed by atoms with van der Waals surface area (Å²) in [6.45, 7) is 11.7. The molecule has 4 heteroatoms. The van der Waals surface area contributed by atoms with Crippen molar-refractivity contribution in [1.29, 1.82) is 0 Å². The summed E-state index contributed by atoms with van der Waals surface area (Å²) in [4.78, 5) is 2.45. The Morgan fingerprint density at radius 2 is 0.867 bits per heavy atom. The maximum atomic E-state index is 12.2. The zero-order valence-corrected chi connectivity index (χ0v) is 21.9. The normalized spacial score (nSPS) is 20.4. The molecule has 0 aromatic heterocycles. The van der Waals surface area contributed by atoms with Crippen LogP contribution in [0.3, 0.4) is 0 Å². The Bertz CT molecular complexity index is 515. The molecule has 1 saturated heterocycles. The molecule has 1 aliphatic rings. The number of unbranched alkanes of at least 4 members (excludes halogenated alkanes) is 15. The molecule has 1 rings (SSSR count). The third kappa shape index (κ3) is 11.5. The van der Waals surface area contributed by atoms with Crippen molar-refractivity contribution in [3.8, 4) is 0 Å². The molecule has 0 N–H and O–H groups in total. The van der Waals surface area contributed by atoms with Crippen LogP contribution in [0.25, 0.3) is 0 Å². The molecule has 0 aliphatic carbocycles. The molecule has 1 heterocycles. The van der Waals surface area contributed by atoms with Crippen LogP contribution in [-0.2, 0) is 9.84 Å². The fourth-order valence-electron chi connectivity index (χ4n) is 5.53. The molecule has 180 valence electrons. The summed E-state index contributed by atoms with van der Waals surface area (Å²) in [5.74, 6) is 0.588. The summed E-state index contributed by atoms with van der Waals surface area (Å²) in [7, 11) is -2.93. The van der Waals surface area contributed by atoms with Gasteiger partial charge in [0, 0.05) is 11.1 Å². The summed E-state index contributed by atoms with van der Waals surface area (Å²) < 4.78 is 24.4. The van der Waals surface area contributed by atoms with Gasteiger partial charge >= 0.3 is 0 Å². The van der Waals surface area contributed by atoms with E-state index >= 15 is 0 Å². The molecule has 30 heavy (non-hydrogen) atoms. The number of hydrogen-bond donors (Lipinski definition) is 0. The van der Waals surface area contributed by atoms with Crippen molar-refractivity contribution in [1.82, 2.24) is 4.90 Å². The molecule has 0 aromatic rings. The van der Waals surface area contributed by atoms with Gasteiger partial charge in [-0.3, -0.25) is 4.90 Å². The predicted molar refractivity (Wildman–Crippen MR) is 133 cm³/mol. The minimum absolute atomic E-state index is 0.254. The first-order valence-corrected chi connectivity index (χ1v) is 14.9. The van der Waals surface area contributed by atoms with Gasteiger partial charge in [0.2, 0.25) is 0 Å². The molecule has 1 aliphatic heterocycles. The summed E-state index contributed by atoms with van der Waals surface area (Å²) in [5, 5.41) is 0. The van der Waals surface area contributed by atoms with Gasteiger partial charge in [0.25, 0.3) is 0 Å². The van der Waals surface area contributed by atoms with Gasteiger partial charge < -0.3 is 0 Å². The van der Waals surface area contributed by atoms with Gasteiger partial charge in [0.1, 0.15) is 0 Å². The Morgan fingerprint density at radius 1 is 0.567 bits per heavy atom. The Kier molecular flexibility index (Phi) is 13.2. The van der Waals surface area contributed by atoms with E-state index in [1.54, 1.807) is 0 Å². The average Bonchev–Trinajstić information content (AvgIpc) is 2.61. The van der Waals surface area contributed by atoms with Gasteiger partial charge in [-0.05, 0) is 40.7 Å². The van der Waals surface area contributed by atoms with Gasteiger partial charge in [-0.15, -0.1) is 0 Å². The monoisotopic (exact) mass is 443 g/mol. The van der Waals surface area contributed by atoms with Crippen molar-refractivity contribution in [3.63, 3.8) is 0 Å². The highest BCUT2D eigenvalue weighted by Gasteiger charge is 2.47. The molecule has 0 bridgehead atoms. The van der Waals surface area contributed by atoms with Crippen LogP contribution in [0.15, 0.2) is 0 Å². The van der Waals surface area contributed by atoms with E-state index in [0.717, 1.165) is 6.54 Å². The molecule has 0 spiro atoms. The lowest BCUT2D eigenvalue weighted by Gasteiger charge is -2.52. The molecule has 0 amide bonds. The fraction of sp³-hybridized carbons (Fsp3) is 1.00. The predicted octanol–water partition coefficient (Wildman–Crippen LogP) is 7.54. The largest absolute Gasteiger partial charge is 0.291 e. The van der Waals surface area contributed by atoms with E-state index in [-0.39, 0.29) is 11.1 Å². The summed E-state index contributed by atoms with van der Waals surface area (Å²) in [6.07, 6.45) is 22.2. The summed E-state index contributed by atoms with van der Waals surface area (Å²) >= 11 is 0. The number of hydrogen-bond acceptors (Lipinski definition) is 3. The van der Waals surface area contributed by atoms with Gasteiger partial charge in [-0.2, -0.15) is 0 Å². The van der Waals surface area contributed by atoms with Crippen molar-refractivity contribution < 1.29 is 8.42 Å². The van der Waals surface area contributed by atoms with Gasteiger partial charge in [0.15, 0.2) is 9.84 Å². The van der Waals surface area contributed by atoms with Crippen LogP contribution in [0.5, 0.6) is 0 Å². The maximum absolute atomic E-state index is 12.2. The van der Waals surface area contributed by atoms with E-state index in [1.807, 2.05) is 0 Å². The van der Waals surface area contributed by atoms with E-state index in [1.165, 1.54) is 103 Å². The molecule has 0 saturated carbocycles. The molecule has 0 atom stereocenters. The lowest BCUT2D eigenvalue weighted by Crippen LogP contribution is -2.65. The second-order valence-corrected chi connectivity index (χ2v) is 13.2. The first kappa shape index (κ1) is 27.9. The highest BCUT2D eigenvalue weighted by Crippen LogP contribution is 2.34. The van der Waals surface area contributed by atoms with Crippen LogP contribution in [0.1, 0.15) is 137 Å². The average molecular weight is 444 g/mol. The molecule has 1 fully saturated rings. The first-order valence-electron chi connectivity index (χ1n) is 13.1. The quantitative estimate of drug-likeness (QED) is 0.218. The van der Waals surface area contributed by atoms with Crippen LogP contribution in [0.2, 0.25) is 0 Å². The molecule has 0 unspecified atom stereocenters. The SMILES string of the molecule is CCCCCCCCCCCCCCCCCCN1C(C)(C)CS(=O)(=O)CC1(C)C. The highest BCUT2D eigenvalue weighted by atomic mass is 32.2. The fourth-order valence-corrected chi connectivity index (χ4v) is 8.09. The molecular formula is C26H53NO2S. The van der Waals surface area contributed by atoms with Crippen LogP contribution >= 0.6 is 0 Å². The van der Waals surface area contributed by atoms with Crippen LogP contribution in [-0.4, -0.2) is 42.4 Å². The Balaban J connectivity index is 1.99. The zero-order chi connectivity index (χ0) is 22.5. The second kappa shape index (κ2) is 14.1. The van der Waals surface area contributed by atoms with E-state index in [9.17, 15) is 8.42 Å². The number of rotatable bonds is 17. The van der Waals surface area contributed by atoms with Crippen LogP contribution in [0.4, 0.5) is 0 Å². The Labute approximate surface area is 189 Å². The number of nitrogens with zero attached hydrogens (tertiary/aromatic N) is 1. The van der Waals surface area contributed by atoms with Crippen molar-refractivity contribution in [2.45, 2.75) is 148 Å². The van der Waals surface area contributed by atoms with Crippen molar-refractivity contribution in [2.24, 2.45) is 0 Å². The van der Waals surface area contributed by atoms with E-state index < -0.39 is 9.84 Å². The lowest BCUT2D eigenvalue weighted by molar-refractivity contribution is 0.0319. The van der Waals surface area contributed by atoms with Crippen LogP contribution in [0, 0.1) is 0 Å². The zero-order valence-electron chi connectivity index (χ0n) is 21.1. The highest BCUT2D eigenvalue weighted by molar-refractivity contribution is 7.91. The second-order valence-electron chi connectivity index (χ2n) is 11.1. The van der Waals surface area contributed by atoms with Crippen molar-refractivity contribution in [2.75, 3.05) is 18.1 Å². The minimum atomic E-state index is -2.93. The molecule has 0 aromatic carbocycles. The van der Waals surface area contributed by atoms with Gasteiger partial charge in [0.05, 0.1) is 11.5 Å². The topological polar surface area (TPSA) is 37.4 Å². The van der Waals surface area contributed by atoms with Gasteiger partial charge in [-0.1, -0.05) is 103 Å². The Morgan fingerprint density at radius 3 is 1.20 bits per heavy atom. The molecule has 3 nitrogen and oxygen atoms in total. The third-order valence-electron chi connectivity index (χ3n) is 6.84. The van der Waals surface area contributed by atoms with E-state index in [2.05, 4.69) is 39.5 Å². The summed E-state index contributed by atoms with van der Waals surface area (Å²) in [5.41, 5.74) is -0.508. The van der Waals surface area contributed by atoms with Crippen LogP contribution < -0.4 is 0 Å². The minimum Gasteiger partial charge on any atom is -0.291 e. The van der Waals surface area contributed by atoms with E-state index in [4.69, 9.17) is 0 Å². The van der Waals surface area contributed by atoms with Crippen molar-refractivity contribution >= 4 is 9.84 Å². The maximum Gasteiger partial charge on any atom is 0.153 e. The Hall–Kier alpha value is -0.0900. The third-order valence-corrected chi connectivity index (χ3v) is 9.14. The standard InChI is InChI=1S/C26H53NO2S/c1-6-7-8-9-10-11-12-13-14-15-16-17-18-19-20-21-22-27-25(2,3)23-30(28,29)24-26(27,4)5/h6-24H2,1-5H3. The van der Waals surface area contributed by atoms with E-state index in [0.29, 0.717) is 11.5 Å². The summed E-state index contributed by atoms with van der Waals surface area (Å²) in [6, 6.07) is 0. The van der Waals surface area contributed by atoms with Gasteiger partial charge in [-0.25, -0.2) is 8.42 Å².